The average Bonchev–Trinajstić information content (AvgIpc) is 2.78. The van der Waals surface area contributed by atoms with Crippen molar-refractivity contribution in [1.82, 2.24) is 9.80 Å². The van der Waals surface area contributed by atoms with Gasteiger partial charge in [-0.15, -0.1) is 0 Å². The number of carbonyl (C=O) groups is 3. The van der Waals surface area contributed by atoms with E-state index in [1.54, 1.807) is 13.8 Å². The number of benzene rings is 1. The molecular formula is C22H29F3N4O6. The first kappa shape index (κ1) is 26.5. The second-order valence-electron chi connectivity index (χ2n) is 9.10. The average molecular weight is 502 g/mol. The van der Waals surface area contributed by atoms with E-state index in [1.807, 2.05) is 0 Å². The van der Waals surface area contributed by atoms with Crippen LogP contribution in [0.3, 0.4) is 0 Å². The molecule has 2 aliphatic rings. The number of hydrogen-bond acceptors (Lipinski definition) is 6. The van der Waals surface area contributed by atoms with Gasteiger partial charge in [0.25, 0.3) is 11.8 Å². The van der Waals surface area contributed by atoms with Crippen LogP contribution in [0.25, 0.3) is 0 Å². The molecule has 3 amide bonds. The van der Waals surface area contributed by atoms with Crippen molar-refractivity contribution in [1.29, 1.82) is 0 Å². The van der Waals surface area contributed by atoms with Crippen molar-refractivity contribution in [2.45, 2.75) is 57.5 Å². The number of rotatable bonds is 5. The van der Waals surface area contributed by atoms with E-state index in [0.717, 1.165) is 15.9 Å². The van der Waals surface area contributed by atoms with Gasteiger partial charge in [0, 0.05) is 19.1 Å². The number of carboxylic acid groups (broad SMARTS) is 1. The first-order chi connectivity index (χ1) is 16.2. The van der Waals surface area contributed by atoms with Gasteiger partial charge >= 0.3 is 12.3 Å². The Morgan fingerprint density at radius 3 is 2.51 bits per heavy atom. The molecule has 0 bridgehead atoms. The number of fused-ring (bicyclic) bond motifs is 1. The molecule has 0 spiro atoms. The van der Waals surface area contributed by atoms with Crippen molar-refractivity contribution in [3.63, 3.8) is 0 Å². The van der Waals surface area contributed by atoms with E-state index >= 15 is 0 Å². The highest BCUT2D eigenvalue weighted by atomic mass is 19.4. The predicted molar refractivity (Wildman–Crippen MR) is 118 cm³/mol. The molecule has 0 aromatic heterocycles. The lowest BCUT2D eigenvalue weighted by Gasteiger charge is -2.42. The van der Waals surface area contributed by atoms with Crippen LogP contribution in [-0.4, -0.2) is 82.0 Å². The Morgan fingerprint density at radius 1 is 1.34 bits per heavy atom. The first-order valence-electron chi connectivity index (χ1n) is 11.1. The zero-order valence-corrected chi connectivity index (χ0v) is 19.6. The Kier molecular flexibility index (Phi) is 7.23. The number of nitrogens with two attached hydrogens (primary N) is 1. The lowest BCUT2D eigenvalue weighted by atomic mass is 9.96. The molecule has 1 saturated heterocycles. The van der Waals surface area contributed by atoms with E-state index in [2.05, 4.69) is 0 Å². The number of anilines is 1. The van der Waals surface area contributed by atoms with Gasteiger partial charge in [-0.05, 0) is 45.7 Å². The Balaban J connectivity index is 2.14. The van der Waals surface area contributed by atoms with E-state index < -0.39 is 66.2 Å². The number of alkyl halides is 3. The summed E-state index contributed by atoms with van der Waals surface area (Å²) in [6.07, 6.45) is -5.24. The predicted octanol–water partition coefficient (Wildman–Crippen LogP) is 2.09. The molecule has 0 aliphatic carbocycles. The minimum absolute atomic E-state index is 0.0308. The maximum Gasteiger partial charge on any atom is 0.417 e. The van der Waals surface area contributed by atoms with Gasteiger partial charge < -0.3 is 30.5 Å². The Labute approximate surface area is 200 Å². The SMILES string of the molecule is CC(C)N(C(=O)c1cc2c(cc1C(F)(F)F)OC(C)(CO)C(=O)N2CN)[C@@H]1CCCN(C(=O)O)C1. The van der Waals surface area contributed by atoms with Crippen LogP contribution >= 0.6 is 0 Å². The molecule has 10 nitrogen and oxygen atoms in total. The number of halogens is 3. The third-order valence-corrected chi connectivity index (χ3v) is 6.29. The number of amides is 3. The normalized spacial score (nSPS) is 22.7. The quantitative estimate of drug-likeness (QED) is 0.561. The van der Waals surface area contributed by atoms with Crippen molar-refractivity contribution >= 4 is 23.6 Å². The Hall–Kier alpha value is -3.06. The van der Waals surface area contributed by atoms with Crippen LogP contribution in [0.1, 0.15) is 49.5 Å². The second kappa shape index (κ2) is 9.53. The van der Waals surface area contributed by atoms with Gasteiger partial charge in [-0.2, -0.15) is 13.2 Å². The third kappa shape index (κ3) is 4.87. The number of aliphatic hydroxyl groups is 1. The van der Waals surface area contributed by atoms with Crippen LogP contribution in [0.15, 0.2) is 12.1 Å². The van der Waals surface area contributed by atoms with Crippen LogP contribution in [0.4, 0.5) is 23.7 Å². The van der Waals surface area contributed by atoms with Gasteiger partial charge in [0.05, 0.1) is 36.1 Å². The highest BCUT2D eigenvalue weighted by Crippen LogP contribution is 2.44. The molecule has 35 heavy (non-hydrogen) atoms. The van der Waals surface area contributed by atoms with E-state index in [4.69, 9.17) is 10.5 Å². The number of likely N-dealkylation sites (tertiary alicyclic amines) is 1. The molecule has 194 valence electrons. The van der Waals surface area contributed by atoms with Gasteiger partial charge in [-0.1, -0.05) is 0 Å². The van der Waals surface area contributed by atoms with Crippen molar-refractivity contribution in [2.75, 3.05) is 31.3 Å². The van der Waals surface area contributed by atoms with Crippen LogP contribution in [-0.2, 0) is 11.0 Å². The lowest BCUT2D eigenvalue weighted by Crippen LogP contribution is -2.58. The van der Waals surface area contributed by atoms with Gasteiger partial charge in [-0.25, -0.2) is 4.79 Å². The molecule has 2 heterocycles. The molecule has 2 atom stereocenters. The van der Waals surface area contributed by atoms with Crippen LogP contribution < -0.4 is 15.4 Å². The highest BCUT2D eigenvalue weighted by Gasteiger charge is 2.47. The van der Waals surface area contributed by atoms with Crippen molar-refractivity contribution < 1.29 is 42.5 Å². The van der Waals surface area contributed by atoms with Crippen LogP contribution in [0.5, 0.6) is 5.75 Å². The first-order valence-corrected chi connectivity index (χ1v) is 11.1. The number of nitrogens with zero attached hydrogens (tertiary/aromatic N) is 3. The Bertz CT molecular complexity index is 1020. The Morgan fingerprint density at radius 2 is 2.00 bits per heavy atom. The van der Waals surface area contributed by atoms with Crippen LogP contribution in [0, 0.1) is 0 Å². The van der Waals surface area contributed by atoms with E-state index in [-0.39, 0.29) is 24.5 Å². The minimum atomic E-state index is -4.95. The van der Waals surface area contributed by atoms with Crippen molar-refractivity contribution in [2.24, 2.45) is 5.73 Å². The second-order valence-corrected chi connectivity index (χ2v) is 9.10. The fourth-order valence-corrected chi connectivity index (χ4v) is 4.55. The maximum absolute atomic E-state index is 14.1. The topological polar surface area (TPSA) is 137 Å². The van der Waals surface area contributed by atoms with E-state index in [0.29, 0.717) is 18.9 Å². The molecule has 1 aromatic rings. The van der Waals surface area contributed by atoms with Gasteiger partial charge in [0.1, 0.15) is 5.75 Å². The molecule has 2 aliphatic heterocycles. The van der Waals surface area contributed by atoms with Crippen LogP contribution in [0.2, 0.25) is 0 Å². The lowest BCUT2D eigenvalue weighted by molar-refractivity contribution is -0.139. The summed E-state index contributed by atoms with van der Waals surface area (Å²) in [5.74, 6) is -2.06. The van der Waals surface area contributed by atoms with Crippen molar-refractivity contribution in [3.8, 4) is 5.75 Å². The largest absolute Gasteiger partial charge is 0.473 e. The van der Waals surface area contributed by atoms with E-state index in [9.17, 15) is 37.8 Å². The summed E-state index contributed by atoms with van der Waals surface area (Å²) in [4.78, 5) is 41.2. The molecule has 3 rings (SSSR count). The smallest absolute Gasteiger partial charge is 0.417 e. The molecule has 13 heteroatoms. The zero-order chi connectivity index (χ0) is 26.3. The highest BCUT2D eigenvalue weighted by molar-refractivity contribution is 6.05. The number of piperidine rings is 1. The number of ether oxygens (including phenoxy) is 1. The summed E-state index contributed by atoms with van der Waals surface area (Å²) >= 11 is 0. The molecule has 4 N–H and O–H groups in total. The van der Waals surface area contributed by atoms with E-state index in [1.165, 1.54) is 11.8 Å². The molecular weight excluding hydrogens is 473 g/mol. The maximum atomic E-state index is 14.1. The number of carbonyl (C=O) groups excluding carboxylic acids is 2. The summed E-state index contributed by atoms with van der Waals surface area (Å²) < 4.78 is 47.8. The number of hydrogen-bond donors (Lipinski definition) is 3. The molecule has 1 aromatic carbocycles. The standard InChI is InChI=1S/C22H29F3N4O6/c1-12(2)29(13-5-4-6-27(9-13)20(33)34)18(31)14-7-16-17(8-15(14)22(23,24)25)35-21(3,10-30)19(32)28(16)11-26/h7-8,12-13,30H,4-6,9-11,26H2,1-3H3,(H,33,34)/t13-,21?/m1/s1. The summed E-state index contributed by atoms with van der Waals surface area (Å²) in [6, 6.07) is 0.384. The third-order valence-electron chi connectivity index (χ3n) is 6.29. The monoisotopic (exact) mass is 502 g/mol. The minimum Gasteiger partial charge on any atom is -0.473 e. The van der Waals surface area contributed by atoms with Gasteiger partial charge in [-0.3, -0.25) is 14.5 Å². The number of aliphatic hydroxyl groups excluding tert-OH is 1. The van der Waals surface area contributed by atoms with Crippen molar-refractivity contribution in [3.05, 3.63) is 23.3 Å². The fourth-order valence-electron chi connectivity index (χ4n) is 4.55. The van der Waals surface area contributed by atoms with Gasteiger partial charge in [0.15, 0.2) is 0 Å². The zero-order valence-electron chi connectivity index (χ0n) is 19.6. The molecule has 0 radical (unpaired) electrons. The summed E-state index contributed by atoms with van der Waals surface area (Å²) in [5.41, 5.74) is 1.74. The van der Waals surface area contributed by atoms with Gasteiger partial charge in [0.2, 0.25) is 5.60 Å². The molecule has 1 fully saturated rings. The fraction of sp³-hybridized carbons (Fsp3) is 0.591. The summed E-state index contributed by atoms with van der Waals surface area (Å²) in [7, 11) is 0. The summed E-state index contributed by atoms with van der Waals surface area (Å²) in [5, 5.41) is 19.0. The molecule has 1 unspecified atom stereocenters. The molecule has 0 saturated carbocycles. The summed E-state index contributed by atoms with van der Waals surface area (Å²) in [6.45, 7) is 3.51.